The molecule has 1 amide bonds. The zero-order valence-electron chi connectivity index (χ0n) is 9.52. The largest absolute Gasteiger partial charge is 0.467 e. The van der Waals surface area contributed by atoms with Gasteiger partial charge in [-0.1, -0.05) is 13.8 Å². The minimum Gasteiger partial charge on any atom is -0.467 e. The third-order valence-electron chi connectivity index (χ3n) is 2.15. The Hall–Kier alpha value is -1.78. The minimum absolute atomic E-state index is 0.0497. The van der Waals surface area contributed by atoms with Crippen molar-refractivity contribution in [3.05, 3.63) is 24.2 Å². The molecule has 5 heteroatoms. The predicted octanol–water partition coefficient (Wildman–Crippen LogP) is 1.21. The Labute approximate surface area is 93.8 Å². The second kappa shape index (κ2) is 5.34. The molecule has 0 aliphatic rings. The fourth-order valence-electron chi connectivity index (χ4n) is 1.24. The third-order valence-corrected chi connectivity index (χ3v) is 2.15. The molecule has 0 spiro atoms. The van der Waals surface area contributed by atoms with Crippen LogP contribution in [0, 0.1) is 5.92 Å². The Kier molecular flexibility index (Phi) is 4.10. The summed E-state index contributed by atoms with van der Waals surface area (Å²) in [6.07, 6.45) is 1.40. The van der Waals surface area contributed by atoms with Gasteiger partial charge in [-0.2, -0.15) is 0 Å². The van der Waals surface area contributed by atoms with Crippen LogP contribution in [0.15, 0.2) is 22.8 Å². The third kappa shape index (κ3) is 2.85. The van der Waals surface area contributed by atoms with E-state index in [9.17, 15) is 9.59 Å². The highest BCUT2D eigenvalue weighted by Gasteiger charge is 2.25. The molecule has 0 fully saturated rings. The van der Waals surface area contributed by atoms with E-state index < -0.39 is 17.9 Å². The van der Waals surface area contributed by atoms with Gasteiger partial charge in [0.1, 0.15) is 6.04 Å². The Morgan fingerprint density at radius 1 is 1.44 bits per heavy atom. The Balaban J connectivity index is 2.69. The molecule has 0 radical (unpaired) electrons. The number of ether oxygens (including phenoxy) is 1. The lowest BCUT2D eigenvalue weighted by molar-refractivity contribution is -0.144. The van der Waals surface area contributed by atoms with Gasteiger partial charge in [-0.15, -0.1) is 0 Å². The van der Waals surface area contributed by atoms with Crippen LogP contribution in [0.1, 0.15) is 24.4 Å². The van der Waals surface area contributed by atoms with Crippen molar-refractivity contribution in [2.75, 3.05) is 7.11 Å². The van der Waals surface area contributed by atoms with Crippen molar-refractivity contribution in [3.63, 3.8) is 0 Å². The van der Waals surface area contributed by atoms with Gasteiger partial charge in [0.05, 0.1) is 13.4 Å². The summed E-state index contributed by atoms with van der Waals surface area (Å²) >= 11 is 0. The normalized spacial score (nSPS) is 12.2. The first-order valence-corrected chi connectivity index (χ1v) is 4.98. The van der Waals surface area contributed by atoms with Crippen molar-refractivity contribution in [1.82, 2.24) is 5.32 Å². The summed E-state index contributed by atoms with van der Waals surface area (Å²) in [5, 5.41) is 2.56. The van der Waals surface area contributed by atoms with E-state index in [4.69, 9.17) is 4.42 Å². The van der Waals surface area contributed by atoms with Crippen molar-refractivity contribution >= 4 is 11.9 Å². The molecule has 1 aromatic heterocycles. The number of carbonyl (C=O) groups is 2. The van der Waals surface area contributed by atoms with Gasteiger partial charge >= 0.3 is 5.97 Å². The number of methoxy groups -OCH3 is 1. The van der Waals surface area contributed by atoms with Gasteiger partial charge in [-0.3, -0.25) is 4.79 Å². The second-order valence-electron chi connectivity index (χ2n) is 3.70. The maximum Gasteiger partial charge on any atom is 0.328 e. The lowest BCUT2D eigenvalue weighted by Gasteiger charge is -2.18. The van der Waals surface area contributed by atoms with Crippen molar-refractivity contribution in [3.8, 4) is 0 Å². The van der Waals surface area contributed by atoms with Crippen LogP contribution >= 0.6 is 0 Å². The van der Waals surface area contributed by atoms with E-state index in [0.717, 1.165) is 0 Å². The molecular weight excluding hydrogens is 210 g/mol. The topological polar surface area (TPSA) is 68.5 Å². The average molecular weight is 225 g/mol. The summed E-state index contributed by atoms with van der Waals surface area (Å²) in [5.74, 6) is -0.759. The highest BCUT2D eigenvalue weighted by atomic mass is 16.5. The number of carbonyl (C=O) groups excluding carboxylic acids is 2. The van der Waals surface area contributed by atoms with Crippen LogP contribution < -0.4 is 5.32 Å². The number of hydrogen-bond acceptors (Lipinski definition) is 4. The standard InChI is InChI=1S/C11H15NO4/c1-7(2)9(11(14)15-3)12-10(13)8-5-4-6-16-8/h4-7,9H,1-3H3,(H,12,13). The van der Waals surface area contributed by atoms with Gasteiger partial charge in [0.2, 0.25) is 0 Å². The van der Waals surface area contributed by atoms with Gasteiger partial charge in [-0.05, 0) is 18.1 Å². The summed E-state index contributed by atoms with van der Waals surface area (Å²) in [4.78, 5) is 23.0. The summed E-state index contributed by atoms with van der Waals surface area (Å²) in [6.45, 7) is 3.65. The molecule has 1 heterocycles. The fourth-order valence-corrected chi connectivity index (χ4v) is 1.24. The van der Waals surface area contributed by atoms with E-state index >= 15 is 0 Å². The minimum atomic E-state index is -0.664. The van der Waals surface area contributed by atoms with Gasteiger partial charge in [-0.25, -0.2) is 4.79 Å². The van der Waals surface area contributed by atoms with Crippen LogP contribution in [0.4, 0.5) is 0 Å². The summed E-state index contributed by atoms with van der Waals surface area (Å²) in [7, 11) is 1.29. The average Bonchev–Trinajstić information content (AvgIpc) is 2.77. The highest BCUT2D eigenvalue weighted by Crippen LogP contribution is 2.06. The molecule has 0 aliphatic heterocycles. The van der Waals surface area contributed by atoms with Gasteiger partial charge in [0.15, 0.2) is 5.76 Å². The molecule has 1 aromatic rings. The maximum absolute atomic E-state index is 11.6. The Bertz CT molecular complexity index is 356. The molecule has 0 saturated carbocycles. The number of furan rings is 1. The number of amides is 1. The van der Waals surface area contributed by atoms with E-state index in [1.165, 1.54) is 19.4 Å². The number of nitrogens with one attached hydrogen (secondary N) is 1. The first kappa shape index (κ1) is 12.3. The van der Waals surface area contributed by atoms with Crippen molar-refractivity contribution in [2.24, 2.45) is 5.92 Å². The molecule has 1 rings (SSSR count). The molecule has 1 unspecified atom stereocenters. The molecule has 1 N–H and O–H groups in total. The number of hydrogen-bond donors (Lipinski definition) is 1. The zero-order valence-corrected chi connectivity index (χ0v) is 9.52. The van der Waals surface area contributed by atoms with Gasteiger partial charge in [0.25, 0.3) is 5.91 Å². The first-order valence-electron chi connectivity index (χ1n) is 4.98. The Morgan fingerprint density at radius 2 is 2.12 bits per heavy atom. The van der Waals surface area contributed by atoms with Crippen molar-refractivity contribution in [2.45, 2.75) is 19.9 Å². The van der Waals surface area contributed by atoms with Crippen molar-refractivity contribution in [1.29, 1.82) is 0 Å². The molecular formula is C11H15NO4. The lowest BCUT2D eigenvalue weighted by Crippen LogP contribution is -2.44. The zero-order chi connectivity index (χ0) is 12.1. The molecule has 88 valence electrons. The summed E-state index contributed by atoms with van der Waals surface area (Å²) < 4.78 is 9.53. The Morgan fingerprint density at radius 3 is 2.56 bits per heavy atom. The van der Waals surface area contributed by atoms with E-state index in [1.54, 1.807) is 6.07 Å². The van der Waals surface area contributed by atoms with Gasteiger partial charge < -0.3 is 14.5 Å². The van der Waals surface area contributed by atoms with Gasteiger partial charge in [0, 0.05) is 0 Å². The molecule has 5 nitrogen and oxygen atoms in total. The van der Waals surface area contributed by atoms with E-state index in [1.807, 2.05) is 13.8 Å². The molecule has 0 aliphatic carbocycles. The SMILES string of the molecule is COC(=O)C(NC(=O)c1ccco1)C(C)C. The molecule has 0 saturated heterocycles. The molecule has 1 atom stereocenters. The van der Waals surface area contributed by atoms with Crippen LogP contribution in [-0.2, 0) is 9.53 Å². The van der Waals surface area contributed by atoms with Crippen molar-refractivity contribution < 1.29 is 18.7 Å². The summed E-state index contributed by atoms with van der Waals surface area (Å²) in [5.41, 5.74) is 0. The van der Waals surface area contributed by atoms with Crippen LogP contribution in [-0.4, -0.2) is 25.0 Å². The smallest absolute Gasteiger partial charge is 0.328 e. The summed E-state index contributed by atoms with van der Waals surface area (Å²) in [6, 6.07) is 2.48. The molecule has 16 heavy (non-hydrogen) atoms. The molecule has 0 aromatic carbocycles. The van der Waals surface area contributed by atoms with Crippen LogP contribution in [0.2, 0.25) is 0 Å². The maximum atomic E-state index is 11.6. The lowest BCUT2D eigenvalue weighted by atomic mass is 10.0. The monoisotopic (exact) mass is 225 g/mol. The van der Waals surface area contributed by atoms with E-state index in [2.05, 4.69) is 10.1 Å². The number of rotatable bonds is 4. The molecule has 0 bridgehead atoms. The van der Waals surface area contributed by atoms with Crippen LogP contribution in [0.25, 0.3) is 0 Å². The fraction of sp³-hybridized carbons (Fsp3) is 0.455. The highest BCUT2D eigenvalue weighted by molar-refractivity contribution is 5.94. The van der Waals surface area contributed by atoms with Crippen LogP contribution in [0.3, 0.4) is 0 Å². The number of esters is 1. The van der Waals surface area contributed by atoms with Crippen LogP contribution in [0.5, 0.6) is 0 Å². The second-order valence-corrected chi connectivity index (χ2v) is 3.70. The van der Waals surface area contributed by atoms with E-state index in [0.29, 0.717) is 0 Å². The first-order chi connectivity index (χ1) is 7.56. The van der Waals surface area contributed by atoms with E-state index in [-0.39, 0.29) is 11.7 Å². The predicted molar refractivity (Wildman–Crippen MR) is 56.8 cm³/mol. The quantitative estimate of drug-likeness (QED) is 0.782.